The molecule has 18 heavy (non-hydrogen) atoms. The third kappa shape index (κ3) is 3.60. The van der Waals surface area contributed by atoms with Crippen LogP contribution in [0.15, 0.2) is 12.1 Å². The number of halogens is 1. The van der Waals surface area contributed by atoms with Gasteiger partial charge in [0.2, 0.25) is 0 Å². The maximum Gasteiger partial charge on any atom is 0.339 e. The average molecular weight is 271 g/mol. The smallest absolute Gasteiger partial charge is 0.339 e. The van der Waals surface area contributed by atoms with Gasteiger partial charge in [0.05, 0.1) is 0 Å². The molecule has 4 nitrogen and oxygen atoms in total. The summed E-state index contributed by atoms with van der Waals surface area (Å²) in [7, 11) is 0. The molecule has 0 amide bonds. The number of rotatable bonds is 6. The number of carboxylic acids is 1. The Morgan fingerprint density at radius 3 is 2.67 bits per heavy atom. The van der Waals surface area contributed by atoms with Crippen molar-refractivity contribution in [2.24, 2.45) is 5.92 Å². The van der Waals surface area contributed by atoms with Gasteiger partial charge in [-0.15, -0.1) is 0 Å². The van der Waals surface area contributed by atoms with Crippen molar-refractivity contribution in [2.75, 3.05) is 18.0 Å². The van der Waals surface area contributed by atoms with Crippen LogP contribution in [0.4, 0.5) is 5.82 Å². The van der Waals surface area contributed by atoms with Gasteiger partial charge in [-0.05, 0) is 25.0 Å². The molecule has 0 spiro atoms. The summed E-state index contributed by atoms with van der Waals surface area (Å²) in [5.74, 6) is -0.0399. The molecule has 1 atom stereocenters. The maximum absolute atomic E-state index is 11.2. The van der Waals surface area contributed by atoms with Gasteiger partial charge in [-0.2, -0.15) is 0 Å². The predicted molar refractivity (Wildman–Crippen MR) is 73.5 cm³/mol. The van der Waals surface area contributed by atoms with Crippen molar-refractivity contribution < 1.29 is 9.90 Å². The van der Waals surface area contributed by atoms with Crippen molar-refractivity contribution >= 4 is 23.4 Å². The van der Waals surface area contributed by atoms with E-state index in [0.29, 0.717) is 23.4 Å². The average Bonchev–Trinajstić information content (AvgIpc) is 2.35. The Kier molecular flexibility index (Phi) is 5.41. The Bertz CT molecular complexity index is 423. The highest BCUT2D eigenvalue weighted by Gasteiger charge is 2.18. The lowest BCUT2D eigenvalue weighted by atomic mass is 10.1. The molecule has 1 aromatic heterocycles. The van der Waals surface area contributed by atoms with Gasteiger partial charge < -0.3 is 10.0 Å². The highest BCUT2D eigenvalue weighted by atomic mass is 35.5. The second-order valence-corrected chi connectivity index (χ2v) is 4.75. The molecule has 1 unspecified atom stereocenters. The Balaban J connectivity index is 3.10. The van der Waals surface area contributed by atoms with Crippen LogP contribution in [0.5, 0.6) is 0 Å². The Morgan fingerprint density at radius 1 is 1.50 bits per heavy atom. The molecular formula is C13H19ClN2O2. The van der Waals surface area contributed by atoms with E-state index < -0.39 is 5.97 Å². The molecule has 5 heteroatoms. The van der Waals surface area contributed by atoms with Crippen molar-refractivity contribution in [3.63, 3.8) is 0 Å². The minimum atomic E-state index is -0.975. The number of anilines is 1. The van der Waals surface area contributed by atoms with E-state index in [1.165, 1.54) is 12.1 Å². The lowest BCUT2D eigenvalue weighted by Crippen LogP contribution is -2.30. The molecular weight excluding hydrogens is 252 g/mol. The second kappa shape index (κ2) is 6.59. The normalized spacial score (nSPS) is 12.2. The fraction of sp³-hybridized carbons (Fsp3) is 0.538. The van der Waals surface area contributed by atoms with Crippen LogP contribution in [0.2, 0.25) is 5.15 Å². The summed E-state index contributed by atoms with van der Waals surface area (Å²) in [6, 6.07) is 3.01. The first-order valence-electron chi connectivity index (χ1n) is 6.14. The molecule has 0 aliphatic rings. The molecule has 100 valence electrons. The summed E-state index contributed by atoms with van der Waals surface area (Å²) >= 11 is 5.86. The fourth-order valence-electron chi connectivity index (χ4n) is 1.70. The lowest BCUT2D eigenvalue weighted by molar-refractivity contribution is 0.0697. The van der Waals surface area contributed by atoms with Gasteiger partial charge in [-0.3, -0.25) is 0 Å². The van der Waals surface area contributed by atoms with Crippen LogP contribution in [0.3, 0.4) is 0 Å². The van der Waals surface area contributed by atoms with Crippen LogP contribution in [0, 0.1) is 5.92 Å². The van der Waals surface area contributed by atoms with E-state index in [1.807, 2.05) is 11.8 Å². The summed E-state index contributed by atoms with van der Waals surface area (Å²) in [4.78, 5) is 17.3. The zero-order valence-electron chi connectivity index (χ0n) is 11.0. The van der Waals surface area contributed by atoms with E-state index in [2.05, 4.69) is 18.8 Å². The fourth-order valence-corrected chi connectivity index (χ4v) is 1.85. The van der Waals surface area contributed by atoms with E-state index in [0.717, 1.165) is 13.0 Å². The summed E-state index contributed by atoms with van der Waals surface area (Å²) in [5, 5.41) is 9.50. The van der Waals surface area contributed by atoms with E-state index in [1.54, 1.807) is 0 Å². The molecule has 1 heterocycles. The Hall–Kier alpha value is -1.29. The van der Waals surface area contributed by atoms with Crippen LogP contribution in [-0.4, -0.2) is 29.1 Å². The number of carboxylic acid groups (broad SMARTS) is 1. The zero-order valence-corrected chi connectivity index (χ0v) is 11.7. The second-order valence-electron chi connectivity index (χ2n) is 4.36. The van der Waals surface area contributed by atoms with Crippen LogP contribution in [-0.2, 0) is 0 Å². The van der Waals surface area contributed by atoms with E-state index in [4.69, 9.17) is 11.6 Å². The van der Waals surface area contributed by atoms with Crippen molar-refractivity contribution in [3.05, 3.63) is 22.8 Å². The zero-order chi connectivity index (χ0) is 13.7. The molecule has 0 bridgehead atoms. The van der Waals surface area contributed by atoms with Gasteiger partial charge in [0.15, 0.2) is 0 Å². The minimum Gasteiger partial charge on any atom is -0.478 e. The molecule has 0 saturated carbocycles. The van der Waals surface area contributed by atoms with Crippen molar-refractivity contribution in [3.8, 4) is 0 Å². The number of hydrogen-bond acceptors (Lipinski definition) is 3. The molecule has 0 fully saturated rings. The summed E-state index contributed by atoms with van der Waals surface area (Å²) in [6.45, 7) is 7.71. The number of aromatic carboxylic acids is 1. The highest BCUT2D eigenvalue weighted by Crippen LogP contribution is 2.22. The first-order chi connectivity index (χ1) is 8.49. The lowest BCUT2D eigenvalue weighted by Gasteiger charge is -2.26. The van der Waals surface area contributed by atoms with Crippen LogP contribution < -0.4 is 4.90 Å². The quantitative estimate of drug-likeness (QED) is 0.806. The molecule has 1 N–H and O–H groups in total. The van der Waals surface area contributed by atoms with Gasteiger partial charge in [-0.25, -0.2) is 9.78 Å². The van der Waals surface area contributed by atoms with Crippen LogP contribution in [0.1, 0.15) is 37.6 Å². The van der Waals surface area contributed by atoms with Crippen molar-refractivity contribution in [1.82, 2.24) is 4.98 Å². The van der Waals surface area contributed by atoms with Crippen LogP contribution >= 0.6 is 11.6 Å². The van der Waals surface area contributed by atoms with E-state index in [9.17, 15) is 9.90 Å². The van der Waals surface area contributed by atoms with Crippen molar-refractivity contribution in [2.45, 2.75) is 27.2 Å². The molecule has 0 saturated heterocycles. The number of aromatic nitrogens is 1. The largest absolute Gasteiger partial charge is 0.478 e. The van der Waals surface area contributed by atoms with E-state index >= 15 is 0 Å². The van der Waals surface area contributed by atoms with Gasteiger partial charge in [0, 0.05) is 13.1 Å². The molecule has 0 aromatic carbocycles. The Labute approximate surface area is 113 Å². The standard InChI is InChI=1S/C13H19ClN2O2/c1-4-9(3)8-16(5-2)12-10(13(17)18)6-7-11(14)15-12/h6-7,9H,4-5,8H2,1-3H3,(H,17,18). The summed E-state index contributed by atoms with van der Waals surface area (Å²) < 4.78 is 0. The minimum absolute atomic E-state index is 0.199. The molecule has 0 radical (unpaired) electrons. The number of pyridine rings is 1. The van der Waals surface area contributed by atoms with Gasteiger partial charge in [-0.1, -0.05) is 31.9 Å². The number of carbonyl (C=O) groups is 1. The van der Waals surface area contributed by atoms with Crippen molar-refractivity contribution in [1.29, 1.82) is 0 Å². The third-order valence-electron chi connectivity index (χ3n) is 2.98. The third-order valence-corrected chi connectivity index (χ3v) is 3.19. The summed E-state index contributed by atoms with van der Waals surface area (Å²) in [5.41, 5.74) is 0.199. The predicted octanol–water partition coefficient (Wildman–Crippen LogP) is 3.31. The molecule has 1 aromatic rings. The highest BCUT2D eigenvalue weighted by molar-refractivity contribution is 6.29. The van der Waals surface area contributed by atoms with Crippen LogP contribution in [0.25, 0.3) is 0 Å². The molecule has 1 rings (SSSR count). The number of nitrogens with zero attached hydrogens (tertiary/aromatic N) is 2. The molecule has 0 aliphatic heterocycles. The number of hydrogen-bond donors (Lipinski definition) is 1. The SMILES string of the molecule is CCC(C)CN(CC)c1nc(Cl)ccc1C(=O)O. The first kappa shape index (κ1) is 14.8. The summed E-state index contributed by atoms with van der Waals surface area (Å²) in [6.07, 6.45) is 1.04. The first-order valence-corrected chi connectivity index (χ1v) is 6.52. The Morgan fingerprint density at radius 2 is 2.17 bits per heavy atom. The maximum atomic E-state index is 11.2. The monoisotopic (exact) mass is 270 g/mol. The van der Waals surface area contributed by atoms with Gasteiger partial charge in [0.25, 0.3) is 0 Å². The van der Waals surface area contributed by atoms with Gasteiger partial charge in [0.1, 0.15) is 16.5 Å². The topological polar surface area (TPSA) is 53.4 Å². The van der Waals surface area contributed by atoms with Gasteiger partial charge >= 0.3 is 5.97 Å². The molecule has 0 aliphatic carbocycles. The van der Waals surface area contributed by atoms with E-state index in [-0.39, 0.29) is 5.56 Å².